The zero-order chi connectivity index (χ0) is 21.2. The Morgan fingerprint density at radius 3 is 2.74 bits per heavy atom. The molecule has 5 aromatic rings. The van der Waals surface area contributed by atoms with Gasteiger partial charge in [-0.2, -0.15) is 0 Å². The molecule has 0 amide bonds. The summed E-state index contributed by atoms with van der Waals surface area (Å²) in [7, 11) is 0. The highest BCUT2D eigenvalue weighted by molar-refractivity contribution is 6.31. The summed E-state index contributed by atoms with van der Waals surface area (Å²) >= 11 is 6.10. The third kappa shape index (κ3) is 3.96. The third-order valence-corrected chi connectivity index (χ3v) is 5.14. The van der Waals surface area contributed by atoms with E-state index in [2.05, 4.69) is 30.2 Å². The van der Waals surface area contributed by atoms with E-state index in [4.69, 9.17) is 17.3 Å². The number of imidazole rings is 1. The van der Waals surface area contributed by atoms with Crippen molar-refractivity contribution in [1.82, 2.24) is 24.9 Å². The van der Waals surface area contributed by atoms with Gasteiger partial charge in [-0.3, -0.25) is 4.98 Å². The quantitative estimate of drug-likeness (QED) is 0.367. The van der Waals surface area contributed by atoms with E-state index in [1.165, 1.54) is 0 Å². The smallest absolute Gasteiger partial charge is 0.227 e. The van der Waals surface area contributed by atoms with Gasteiger partial charge in [0.1, 0.15) is 5.82 Å². The lowest BCUT2D eigenvalue weighted by molar-refractivity contribution is 1.07. The minimum atomic E-state index is 0.376. The van der Waals surface area contributed by atoms with Gasteiger partial charge < -0.3 is 16.0 Å². The average molecular weight is 428 g/mol. The Balaban J connectivity index is 1.50. The fourth-order valence-electron chi connectivity index (χ4n) is 3.35. The van der Waals surface area contributed by atoms with Crippen LogP contribution in [0.2, 0.25) is 5.02 Å². The Hall–Kier alpha value is -3.81. The Morgan fingerprint density at radius 1 is 0.968 bits per heavy atom. The molecule has 0 aliphatic carbocycles. The van der Waals surface area contributed by atoms with Crippen LogP contribution in [0.5, 0.6) is 0 Å². The normalized spacial score (nSPS) is 11.0. The number of H-pyrrole nitrogens is 1. The fourth-order valence-corrected chi connectivity index (χ4v) is 3.52. The molecule has 3 heterocycles. The molecular weight excluding hydrogens is 410 g/mol. The van der Waals surface area contributed by atoms with Gasteiger partial charge in [-0.1, -0.05) is 23.7 Å². The van der Waals surface area contributed by atoms with Crippen molar-refractivity contribution in [3.05, 3.63) is 83.8 Å². The minimum absolute atomic E-state index is 0.376. The maximum absolute atomic E-state index is 6.10. The maximum Gasteiger partial charge on any atom is 0.227 e. The van der Waals surface area contributed by atoms with Gasteiger partial charge in [-0.15, -0.1) is 0 Å². The molecule has 0 unspecified atom stereocenters. The predicted octanol–water partition coefficient (Wildman–Crippen LogP) is 4.94. The maximum atomic E-state index is 6.10. The predicted molar refractivity (Wildman–Crippen MR) is 123 cm³/mol. The van der Waals surface area contributed by atoms with Crippen molar-refractivity contribution in [2.24, 2.45) is 5.73 Å². The van der Waals surface area contributed by atoms with E-state index in [0.717, 1.165) is 44.9 Å². The number of nitrogens with one attached hydrogen (secondary N) is 2. The number of pyridine rings is 1. The summed E-state index contributed by atoms with van der Waals surface area (Å²) < 4.78 is 0. The van der Waals surface area contributed by atoms with E-state index in [0.29, 0.717) is 17.5 Å². The molecule has 0 fully saturated rings. The van der Waals surface area contributed by atoms with Crippen molar-refractivity contribution in [3.8, 4) is 22.6 Å². The standard InChI is InChI=1S/C23H18ClN7/c24-17-5-6-19-21(11-17)29-22(28-19)14-3-4-15(12-25)20(10-14)31-23-27-9-7-18(30-23)16-2-1-8-26-13-16/h1-11,13H,12,25H2,(H,28,29)(H,27,30,31). The Bertz CT molecular complexity index is 1370. The molecule has 31 heavy (non-hydrogen) atoms. The van der Waals surface area contributed by atoms with Crippen LogP contribution < -0.4 is 11.1 Å². The topological polar surface area (TPSA) is 105 Å². The molecule has 8 heteroatoms. The molecule has 0 bridgehead atoms. The number of benzene rings is 2. The number of nitrogens with two attached hydrogens (primary N) is 1. The Morgan fingerprint density at radius 2 is 1.90 bits per heavy atom. The van der Waals surface area contributed by atoms with Gasteiger partial charge in [0.15, 0.2) is 0 Å². The van der Waals surface area contributed by atoms with Crippen LogP contribution in [-0.2, 0) is 6.54 Å². The van der Waals surface area contributed by atoms with Crippen LogP contribution in [0.25, 0.3) is 33.7 Å². The first-order valence-corrected chi connectivity index (χ1v) is 10.1. The molecule has 4 N–H and O–H groups in total. The highest BCUT2D eigenvalue weighted by Gasteiger charge is 2.11. The number of aromatic nitrogens is 5. The fraction of sp³-hybridized carbons (Fsp3) is 0.0435. The summed E-state index contributed by atoms with van der Waals surface area (Å²) in [6, 6.07) is 17.2. The largest absolute Gasteiger partial charge is 0.338 e. The second kappa shape index (κ2) is 8.14. The van der Waals surface area contributed by atoms with E-state index in [1.54, 1.807) is 18.6 Å². The first-order valence-electron chi connectivity index (χ1n) is 9.69. The number of aromatic amines is 1. The van der Waals surface area contributed by atoms with Crippen molar-refractivity contribution in [2.45, 2.75) is 6.54 Å². The second-order valence-electron chi connectivity index (χ2n) is 6.96. The zero-order valence-electron chi connectivity index (χ0n) is 16.4. The lowest BCUT2D eigenvalue weighted by Crippen LogP contribution is -2.04. The number of fused-ring (bicyclic) bond motifs is 1. The lowest BCUT2D eigenvalue weighted by atomic mass is 10.1. The Labute approximate surface area is 183 Å². The molecule has 2 aromatic carbocycles. The van der Waals surface area contributed by atoms with Crippen LogP contribution in [0.4, 0.5) is 11.6 Å². The third-order valence-electron chi connectivity index (χ3n) is 4.91. The summed E-state index contributed by atoms with van der Waals surface area (Å²) in [4.78, 5) is 21.1. The van der Waals surface area contributed by atoms with Gasteiger partial charge in [0.25, 0.3) is 0 Å². The van der Waals surface area contributed by atoms with Gasteiger partial charge >= 0.3 is 0 Å². The van der Waals surface area contributed by atoms with Crippen molar-refractivity contribution < 1.29 is 0 Å². The average Bonchev–Trinajstić information content (AvgIpc) is 3.23. The molecule has 5 rings (SSSR count). The van der Waals surface area contributed by atoms with Gasteiger partial charge in [0, 0.05) is 47.0 Å². The summed E-state index contributed by atoms with van der Waals surface area (Å²) in [5.41, 5.74) is 12.1. The molecule has 0 spiro atoms. The molecule has 3 aromatic heterocycles. The van der Waals surface area contributed by atoms with Crippen molar-refractivity contribution >= 4 is 34.3 Å². The number of nitrogens with zero attached hydrogens (tertiary/aromatic N) is 4. The van der Waals surface area contributed by atoms with Crippen molar-refractivity contribution in [2.75, 3.05) is 5.32 Å². The van der Waals surface area contributed by atoms with E-state index in [1.807, 2.05) is 54.6 Å². The first-order chi connectivity index (χ1) is 15.2. The first kappa shape index (κ1) is 19.2. The van der Waals surface area contributed by atoms with Gasteiger partial charge in [-0.25, -0.2) is 15.0 Å². The molecular formula is C23H18ClN7. The SMILES string of the molecule is NCc1ccc(-c2nc3ccc(Cl)cc3[nH]2)cc1Nc1nccc(-c2cccnc2)n1. The van der Waals surface area contributed by atoms with Crippen LogP contribution in [0, 0.1) is 0 Å². The molecule has 152 valence electrons. The lowest BCUT2D eigenvalue weighted by Gasteiger charge is -2.12. The molecule has 0 radical (unpaired) electrons. The number of hydrogen-bond donors (Lipinski definition) is 3. The van der Waals surface area contributed by atoms with Crippen molar-refractivity contribution in [1.29, 1.82) is 0 Å². The highest BCUT2D eigenvalue weighted by Crippen LogP contribution is 2.28. The van der Waals surface area contributed by atoms with E-state index < -0.39 is 0 Å². The number of hydrogen-bond acceptors (Lipinski definition) is 6. The van der Waals surface area contributed by atoms with E-state index >= 15 is 0 Å². The summed E-state index contributed by atoms with van der Waals surface area (Å²) in [6.45, 7) is 0.376. The van der Waals surface area contributed by atoms with Crippen LogP contribution in [0.1, 0.15) is 5.56 Å². The molecule has 0 aliphatic heterocycles. The van der Waals surface area contributed by atoms with Gasteiger partial charge in [-0.05, 0) is 48.0 Å². The van der Waals surface area contributed by atoms with Gasteiger partial charge in [0.2, 0.25) is 5.95 Å². The van der Waals surface area contributed by atoms with E-state index in [9.17, 15) is 0 Å². The monoisotopic (exact) mass is 427 g/mol. The molecule has 7 nitrogen and oxygen atoms in total. The number of halogens is 1. The molecule has 0 saturated heterocycles. The molecule has 0 atom stereocenters. The molecule has 0 aliphatic rings. The van der Waals surface area contributed by atoms with Crippen LogP contribution in [0.3, 0.4) is 0 Å². The molecule has 0 saturated carbocycles. The van der Waals surface area contributed by atoms with Crippen LogP contribution >= 0.6 is 11.6 Å². The summed E-state index contributed by atoms with van der Waals surface area (Å²) in [5.74, 6) is 1.22. The number of anilines is 2. The summed E-state index contributed by atoms with van der Waals surface area (Å²) in [5, 5.41) is 3.96. The second-order valence-corrected chi connectivity index (χ2v) is 7.39. The zero-order valence-corrected chi connectivity index (χ0v) is 17.1. The van der Waals surface area contributed by atoms with Gasteiger partial charge in [0.05, 0.1) is 16.7 Å². The minimum Gasteiger partial charge on any atom is -0.338 e. The Kier molecular flexibility index (Phi) is 5.03. The van der Waals surface area contributed by atoms with E-state index in [-0.39, 0.29) is 0 Å². The van der Waals surface area contributed by atoms with Crippen LogP contribution in [-0.4, -0.2) is 24.9 Å². The number of rotatable bonds is 5. The van der Waals surface area contributed by atoms with Crippen molar-refractivity contribution in [3.63, 3.8) is 0 Å². The summed E-state index contributed by atoms with van der Waals surface area (Å²) in [6.07, 6.45) is 5.22. The highest BCUT2D eigenvalue weighted by atomic mass is 35.5. The van der Waals surface area contributed by atoms with Crippen LogP contribution in [0.15, 0.2) is 73.2 Å².